The number of nitrogens with one attached hydrogen (secondary N) is 1. The quantitative estimate of drug-likeness (QED) is 0.797. The van der Waals surface area contributed by atoms with Gasteiger partial charge < -0.3 is 9.88 Å². The van der Waals surface area contributed by atoms with Crippen LogP contribution in [-0.2, 0) is 13.1 Å². The molecule has 21 heavy (non-hydrogen) atoms. The van der Waals surface area contributed by atoms with Crippen LogP contribution >= 0.6 is 11.6 Å². The molecule has 0 saturated heterocycles. The molecule has 0 spiro atoms. The Balaban J connectivity index is 1.91. The van der Waals surface area contributed by atoms with Crippen molar-refractivity contribution in [1.82, 2.24) is 19.3 Å². The maximum atomic E-state index is 12.1. The van der Waals surface area contributed by atoms with Crippen molar-refractivity contribution in [2.45, 2.75) is 33.4 Å². The Morgan fingerprint density at radius 2 is 2.24 bits per heavy atom. The Morgan fingerprint density at radius 1 is 1.43 bits per heavy atom. The molecule has 2 rings (SSSR count). The van der Waals surface area contributed by atoms with Crippen molar-refractivity contribution in [2.24, 2.45) is 5.92 Å². The molecule has 114 valence electrons. The summed E-state index contributed by atoms with van der Waals surface area (Å²) in [6, 6.07) is 0. The van der Waals surface area contributed by atoms with Crippen molar-refractivity contribution in [2.75, 3.05) is 11.9 Å². The summed E-state index contributed by atoms with van der Waals surface area (Å²) in [4.78, 5) is 16.0. The molecule has 0 fully saturated rings. The van der Waals surface area contributed by atoms with E-state index in [4.69, 9.17) is 11.6 Å². The predicted octanol–water partition coefficient (Wildman–Crippen LogP) is 2.25. The fourth-order valence-corrected chi connectivity index (χ4v) is 2.18. The Kier molecular flexibility index (Phi) is 5.38. The van der Waals surface area contributed by atoms with Crippen LogP contribution in [0.3, 0.4) is 0 Å². The number of anilines is 1. The molecule has 0 amide bonds. The molecular weight excluding hydrogens is 290 g/mol. The van der Waals surface area contributed by atoms with E-state index < -0.39 is 0 Å². The molecule has 2 heterocycles. The van der Waals surface area contributed by atoms with Crippen LogP contribution < -0.4 is 10.9 Å². The van der Waals surface area contributed by atoms with Gasteiger partial charge in [-0.25, -0.2) is 9.67 Å². The normalized spacial score (nSPS) is 11.0. The third-order valence-electron chi connectivity index (χ3n) is 2.99. The number of imidazole rings is 1. The van der Waals surface area contributed by atoms with Crippen LogP contribution in [0.2, 0.25) is 5.02 Å². The van der Waals surface area contributed by atoms with Crippen LogP contribution in [-0.4, -0.2) is 25.9 Å². The fourth-order valence-electron chi connectivity index (χ4n) is 1.97. The molecule has 6 nitrogen and oxygen atoms in total. The molecule has 0 saturated carbocycles. The molecule has 0 atom stereocenters. The number of aromatic nitrogens is 4. The second-order valence-electron chi connectivity index (χ2n) is 5.33. The maximum Gasteiger partial charge on any atom is 0.287 e. The molecule has 2 aromatic heterocycles. The number of hydrogen-bond acceptors (Lipinski definition) is 4. The van der Waals surface area contributed by atoms with Crippen LogP contribution in [0.5, 0.6) is 0 Å². The summed E-state index contributed by atoms with van der Waals surface area (Å²) >= 11 is 6.11. The summed E-state index contributed by atoms with van der Waals surface area (Å²) < 4.78 is 3.41. The van der Waals surface area contributed by atoms with Crippen molar-refractivity contribution >= 4 is 17.3 Å². The van der Waals surface area contributed by atoms with E-state index in [0.717, 1.165) is 13.0 Å². The van der Waals surface area contributed by atoms with E-state index in [0.29, 0.717) is 24.7 Å². The minimum absolute atomic E-state index is 0.202. The lowest BCUT2D eigenvalue weighted by atomic mass is 10.2. The summed E-state index contributed by atoms with van der Waals surface area (Å²) in [6.45, 7) is 6.21. The van der Waals surface area contributed by atoms with E-state index in [-0.39, 0.29) is 10.6 Å². The summed E-state index contributed by atoms with van der Waals surface area (Å²) in [5.74, 6) is 0.347. The fraction of sp³-hybridized carbons (Fsp3) is 0.500. The molecular formula is C14H20ClN5O. The second kappa shape index (κ2) is 7.26. The molecule has 2 aromatic rings. The zero-order valence-corrected chi connectivity index (χ0v) is 13.0. The van der Waals surface area contributed by atoms with E-state index in [1.54, 1.807) is 18.7 Å². The molecule has 0 unspecified atom stereocenters. The molecule has 0 aromatic carbocycles. The van der Waals surface area contributed by atoms with Crippen molar-refractivity contribution in [3.8, 4) is 0 Å². The van der Waals surface area contributed by atoms with Gasteiger partial charge in [0.2, 0.25) is 0 Å². The first-order valence-corrected chi connectivity index (χ1v) is 7.41. The van der Waals surface area contributed by atoms with Crippen LogP contribution in [0.25, 0.3) is 0 Å². The van der Waals surface area contributed by atoms with Gasteiger partial charge in [0.05, 0.1) is 18.2 Å². The van der Waals surface area contributed by atoms with Crippen molar-refractivity contribution in [3.05, 3.63) is 40.3 Å². The van der Waals surface area contributed by atoms with E-state index in [9.17, 15) is 4.79 Å². The average molecular weight is 310 g/mol. The molecule has 0 aliphatic rings. The topological polar surface area (TPSA) is 64.7 Å². The highest BCUT2D eigenvalue weighted by Gasteiger charge is 2.09. The predicted molar refractivity (Wildman–Crippen MR) is 83.7 cm³/mol. The van der Waals surface area contributed by atoms with Gasteiger partial charge in [-0.15, -0.1) is 0 Å². The van der Waals surface area contributed by atoms with Gasteiger partial charge in [0.15, 0.2) is 0 Å². The molecule has 0 aliphatic heterocycles. The SMILES string of the molecule is CC(C)Cn1ncc(NCCCn2ccnc2)c(Cl)c1=O. The third kappa shape index (κ3) is 4.32. The van der Waals surface area contributed by atoms with Crippen LogP contribution in [0.1, 0.15) is 20.3 Å². The van der Waals surface area contributed by atoms with Crippen molar-refractivity contribution in [3.63, 3.8) is 0 Å². The van der Waals surface area contributed by atoms with Gasteiger partial charge in [0, 0.05) is 32.0 Å². The monoisotopic (exact) mass is 309 g/mol. The largest absolute Gasteiger partial charge is 0.382 e. The van der Waals surface area contributed by atoms with Gasteiger partial charge in [0.25, 0.3) is 5.56 Å². The second-order valence-corrected chi connectivity index (χ2v) is 5.71. The Morgan fingerprint density at radius 3 is 2.90 bits per heavy atom. The Labute approximate surface area is 128 Å². The van der Waals surface area contributed by atoms with Crippen molar-refractivity contribution in [1.29, 1.82) is 0 Å². The molecule has 0 radical (unpaired) electrons. The van der Waals surface area contributed by atoms with Gasteiger partial charge >= 0.3 is 0 Å². The maximum absolute atomic E-state index is 12.1. The summed E-state index contributed by atoms with van der Waals surface area (Å²) in [5.41, 5.74) is 0.345. The molecule has 1 N–H and O–H groups in total. The Hall–Kier alpha value is -1.82. The Bertz CT molecular complexity index is 621. The number of halogens is 1. The zero-order valence-electron chi connectivity index (χ0n) is 12.3. The summed E-state index contributed by atoms with van der Waals surface area (Å²) in [5, 5.41) is 7.51. The first-order chi connectivity index (χ1) is 10.1. The van der Waals surface area contributed by atoms with Gasteiger partial charge in [-0.3, -0.25) is 4.79 Å². The number of hydrogen-bond donors (Lipinski definition) is 1. The number of nitrogens with zero attached hydrogens (tertiary/aromatic N) is 4. The lowest BCUT2D eigenvalue weighted by Gasteiger charge is -2.11. The smallest absolute Gasteiger partial charge is 0.287 e. The highest BCUT2D eigenvalue weighted by Crippen LogP contribution is 2.15. The van der Waals surface area contributed by atoms with Gasteiger partial charge in [-0.1, -0.05) is 25.4 Å². The van der Waals surface area contributed by atoms with E-state index in [1.165, 1.54) is 4.68 Å². The average Bonchev–Trinajstić information content (AvgIpc) is 2.95. The zero-order chi connectivity index (χ0) is 15.2. The summed E-state index contributed by atoms with van der Waals surface area (Å²) in [6.07, 6.45) is 7.97. The number of rotatable bonds is 7. The molecule has 0 aliphatic carbocycles. The minimum Gasteiger partial charge on any atom is -0.382 e. The third-order valence-corrected chi connectivity index (χ3v) is 3.36. The highest BCUT2D eigenvalue weighted by molar-refractivity contribution is 6.32. The standard InChI is InChI=1S/C14H20ClN5O/c1-11(2)9-20-14(21)13(15)12(8-18-20)17-4-3-6-19-7-5-16-10-19/h5,7-8,10-11,17H,3-4,6,9H2,1-2H3. The first kappa shape index (κ1) is 15.6. The summed E-state index contributed by atoms with van der Waals surface area (Å²) in [7, 11) is 0. The van der Waals surface area contributed by atoms with Gasteiger partial charge in [0.1, 0.15) is 5.02 Å². The molecule has 7 heteroatoms. The van der Waals surface area contributed by atoms with Crippen LogP contribution in [0.15, 0.2) is 29.7 Å². The minimum atomic E-state index is -0.245. The molecule has 0 bridgehead atoms. The number of aryl methyl sites for hydroxylation is 1. The van der Waals surface area contributed by atoms with Crippen LogP contribution in [0, 0.1) is 5.92 Å². The lowest BCUT2D eigenvalue weighted by Crippen LogP contribution is -2.26. The van der Waals surface area contributed by atoms with Gasteiger partial charge in [-0.05, 0) is 12.3 Å². The lowest BCUT2D eigenvalue weighted by molar-refractivity contribution is 0.464. The van der Waals surface area contributed by atoms with E-state index in [2.05, 4.69) is 15.4 Å². The van der Waals surface area contributed by atoms with Crippen LogP contribution in [0.4, 0.5) is 5.69 Å². The highest BCUT2D eigenvalue weighted by atomic mass is 35.5. The van der Waals surface area contributed by atoms with E-state index in [1.807, 2.05) is 24.6 Å². The first-order valence-electron chi connectivity index (χ1n) is 7.03. The van der Waals surface area contributed by atoms with Gasteiger partial charge in [-0.2, -0.15) is 5.10 Å². The van der Waals surface area contributed by atoms with Crippen molar-refractivity contribution < 1.29 is 0 Å². The van der Waals surface area contributed by atoms with E-state index >= 15 is 0 Å².